The van der Waals surface area contributed by atoms with Crippen LogP contribution in [0.1, 0.15) is 18.1 Å². The van der Waals surface area contributed by atoms with Gasteiger partial charge in [-0.1, -0.05) is 29.8 Å². The van der Waals surface area contributed by atoms with Crippen LogP contribution in [0.2, 0.25) is 5.02 Å². The highest BCUT2D eigenvalue weighted by Gasteiger charge is 2.27. The number of hydrogen-bond donors (Lipinski definition) is 1. The second kappa shape index (κ2) is 9.96. The summed E-state index contributed by atoms with van der Waals surface area (Å²) >= 11 is 5.88. The fourth-order valence-electron chi connectivity index (χ4n) is 3.54. The third kappa shape index (κ3) is 5.74. The largest absolute Gasteiger partial charge is 0.481 e. The Morgan fingerprint density at radius 2 is 1.63 bits per heavy atom. The van der Waals surface area contributed by atoms with Gasteiger partial charge in [0, 0.05) is 36.9 Å². The van der Waals surface area contributed by atoms with Gasteiger partial charge in [-0.15, -0.1) is 0 Å². The van der Waals surface area contributed by atoms with E-state index in [4.69, 9.17) is 16.3 Å². The van der Waals surface area contributed by atoms with E-state index in [-0.39, 0.29) is 11.8 Å². The van der Waals surface area contributed by atoms with E-state index in [1.54, 1.807) is 36.1 Å². The van der Waals surface area contributed by atoms with Crippen LogP contribution in [0, 0.1) is 13.8 Å². The summed E-state index contributed by atoms with van der Waals surface area (Å²) in [5.41, 5.74) is 2.98. The summed E-state index contributed by atoms with van der Waals surface area (Å²) in [6.45, 7) is 8.49. The van der Waals surface area contributed by atoms with Gasteiger partial charge < -0.3 is 15.0 Å². The molecule has 0 radical (unpaired) electrons. The molecule has 0 aromatic heterocycles. The number of hydrogen-bond acceptors (Lipinski definition) is 4. The molecule has 30 heavy (non-hydrogen) atoms. The molecule has 2 amide bonds. The molecule has 2 aromatic rings. The number of halogens is 1. The second-order valence-corrected chi connectivity index (χ2v) is 8.07. The number of amides is 2. The number of nitrogens with one attached hydrogen (secondary N) is 1. The van der Waals surface area contributed by atoms with Gasteiger partial charge >= 0.3 is 0 Å². The number of carbonyl (C=O) groups is 2. The van der Waals surface area contributed by atoms with Gasteiger partial charge in [-0.25, -0.2) is 0 Å². The van der Waals surface area contributed by atoms with Crippen molar-refractivity contribution in [3.05, 3.63) is 58.6 Å². The molecule has 1 atom stereocenters. The third-order valence-corrected chi connectivity index (χ3v) is 5.52. The Kier molecular flexibility index (Phi) is 7.34. The van der Waals surface area contributed by atoms with Crippen molar-refractivity contribution >= 4 is 29.1 Å². The number of rotatable bonds is 6. The lowest BCUT2D eigenvalue weighted by molar-refractivity contribution is -0.139. The highest BCUT2D eigenvalue weighted by atomic mass is 35.5. The normalized spacial score (nSPS) is 15.5. The molecule has 1 heterocycles. The number of aryl methyl sites for hydroxylation is 2. The van der Waals surface area contributed by atoms with Crippen LogP contribution in [0.25, 0.3) is 0 Å². The zero-order valence-corrected chi connectivity index (χ0v) is 18.4. The molecule has 1 N–H and O–H groups in total. The summed E-state index contributed by atoms with van der Waals surface area (Å²) in [5, 5.41) is 3.64. The Hall–Kier alpha value is -2.57. The maximum absolute atomic E-state index is 12.7. The summed E-state index contributed by atoms with van der Waals surface area (Å²) in [4.78, 5) is 29.0. The van der Waals surface area contributed by atoms with E-state index in [0.29, 0.717) is 43.5 Å². The lowest BCUT2D eigenvalue weighted by atomic mass is 10.1. The van der Waals surface area contributed by atoms with Crippen LogP contribution < -0.4 is 10.1 Å². The van der Waals surface area contributed by atoms with Gasteiger partial charge in [0.2, 0.25) is 5.91 Å². The average molecular weight is 430 g/mol. The van der Waals surface area contributed by atoms with E-state index in [9.17, 15) is 9.59 Å². The van der Waals surface area contributed by atoms with Crippen LogP contribution in [0.4, 0.5) is 5.69 Å². The molecule has 1 fully saturated rings. The summed E-state index contributed by atoms with van der Waals surface area (Å²) in [7, 11) is 0. The Bertz CT molecular complexity index is 873. The van der Waals surface area contributed by atoms with Gasteiger partial charge in [-0.3, -0.25) is 14.5 Å². The van der Waals surface area contributed by atoms with Crippen molar-refractivity contribution in [3.63, 3.8) is 0 Å². The summed E-state index contributed by atoms with van der Waals surface area (Å²) in [6.07, 6.45) is -0.579. The van der Waals surface area contributed by atoms with Crippen molar-refractivity contribution in [2.24, 2.45) is 0 Å². The van der Waals surface area contributed by atoms with Crippen LogP contribution in [-0.4, -0.2) is 60.4 Å². The summed E-state index contributed by atoms with van der Waals surface area (Å²) < 4.78 is 5.74. The van der Waals surface area contributed by atoms with Crippen molar-refractivity contribution in [3.8, 4) is 5.75 Å². The van der Waals surface area contributed by atoms with E-state index >= 15 is 0 Å². The van der Waals surface area contributed by atoms with Gasteiger partial charge in [0.15, 0.2) is 6.10 Å². The lowest BCUT2D eigenvalue weighted by Crippen LogP contribution is -2.53. The minimum atomic E-state index is -0.579. The van der Waals surface area contributed by atoms with Crippen molar-refractivity contribution in [2.45, 2.75) is 26.9 Å². The van der Waals surface area contributed by atoms with E-state index in [0.717, 1.165) is 16.8 Å². The van der Waals surface area contributed by atoms with E-state index in [2.05, 4.69) is 10.2 Å². The third-order valence-electron chi connectivity index (χ3n) is 5.27. The van der Waals surface area contributed by atoms with E-state index in [1.807, 2.05) is 32.0 Å². The first-order valence-electron chi connectivity index (χ1n) is 10.1. The highest BCUT2D eigenvalue weighted by Crippen LogP contribution is 2.20. The number of nitrogens with zero attached hydrogens (tertiary/aromatic N) is 2. The first-order chi connectivity index (χ1) is 14.3. The van der Waals surface area contributed by atoms with Gasteiger partial charge in [0.05, 0.1) is 6.54 Å². The minimum absolute atomic E-state index is 0.0355. The fourth-order valence-corrected chi connectivity index (χ4v) is 3.67. The molecule has 1 aliphatic heterocycles. The predicted octanol–water partition coefficient (Wildman–Crippen LogP) is 3.51. The van der Waals surface area contributed by atoms with Crippen molar-refractivity contribution < 1.29 is 14.3 Å². The predicted molar refractivity (Wildman–Crippen MR) is 119 cm³/mol. The van der Waals surface area contributed by atoms with Crippen LogP contribution in [0.15, 0.2) is 42.5 Å². The van der Waals surface area contributed by atoms with Gasteiger partial charge in [-0.05, 0) is 56.2 Å². The Morgan fingerprint density at radius 3 is 2.23 bits per heavy atom. The van der Waals surface area contributed by atoms with Crippen LogP contribution in [0.5, 0.6) is 5.75 Å². The van der Waals surface area contributed by atoms with Crippen molar-refractivity contribution in [1.29, 1.82) is 0 Å². The topological polar surface area (TPSA) is 61.9 Å². The van der Waals surface area contributed by atoms with Gasteiger partial charge in [-0.2, -0.15) is 0 Å². The number of para-hydroxylation sites is 1. The molecular formula is C23H28ClN3O3. The zero-order valence-electron chi connectivity index (χ0n) is 17.7. The molecule has 3 rings (SSSR count). The SMILES string of the molecule is Cc1cccc(C)c1NC(=O)CN1CCN(C(=O)[C@H](C)Oc2ccc(Cl)cc2)CC1. The Labute approximate surface area is 182 Å². The number of anilines is 1. The van der Waals surface area contributed by atoms with Crippen LogP contribution in [0.3, 0.4) is 0 Å². The van der Waals surface area contributed by atoms with Crippen LogP contribution >= 0.6 is 11.6 Å². The first-order valence-corrected chi connectivity index (χ1v) is 10.5. The van der Waals surface area contributed by atoms with Gasteiger partial charge in [0.25, 0.3) is 5.91 Å². The lowest BCUT2D eigenvalue weighted by Gasteiger charge is -2.35. The molecular weight excluding hydrogens is 402 g/mol. The molecule has 2 aromatic carbocycles. The van der Waals surface area contributed by atoms with Gasteiger partial charge in [0.1, 0.15) is 5.75 Å². The molecule has 160 valence electrons. The smallest absolute Gasteiger partial charge is 0.263 e. The molecule has 6 nitrogen and oxygen atoms in total. The standard InChI is InChI=1S/C23H28ClN3O3/c1-16-5-4-6-17(2)22(16)25-21(28)15-26-11-13-27(14-12-26)23(29)18(3)30-20-9-7-19(24)8-10-20/h4-10,18H,11-15H2,1-3H3,(H,25,28)/t18-/m0/s1. The quantitative estimate of drug-likeness (QED) is 0.763. The maximum Gasteiger partial charge on any atom is 0.263 e. The minimum Gasteiger partial charge on any atom is -0.481 e. The van der Waals surface area contributed by atoms with Crippen molar-refractivity contribution in [2.75, 3.05) is 38.0 Å². The van der Waals surface area contributed by atoms with E-state index in [1.165, 1.54) is 0 Å². The number of benzene rings is 2. The summed E-state index contributed by atoms with van der Waals surface area (Å²) in [5.74, 6) is 0.526. The second-order valence-electron chi connectivity index (χ2n) is 7.63. The molecule has 0 saturated carbocycles. The zero-order chi connectivity index (χ0) is 21.7. The highest BCUT2D eigenvalue weighted by molar-refractivity contribution is 6.30. The molecule has 0 bridgehead atoms. The molecule has 1 aliphatic rings. The van der Waals surface area contributed by atoms with E-state index < -0.39 is 6.10 Å². The molecule has 7 heteroatoms. The Morgan fingerprint density at radius 1 is 1.03 bits per heavy atom. The molecule has 0 unspecified atom stereocenters. The monoisotopic (exact) mass is 429 g/mol. The molecule has 0 aliphatic carbocycles. The number of piperazine rings is 1. The number of ether oxygens (including phenoxy) is 1. The van der Waals surface area contributed by atoms with Crippen LogP contribution in [-0.2, 0) is 9.59 Å². The average Bonchev–Trinajstić information content (AvgIpc) is 2.72. The first kappa shape index (κ1) is 22.1. The number of carbonyl (C=O) groups excluding carboxylic acids is 2. The van der Waals surface area contributed by atoms with Crippen molar-refractivity contribution in [1.82, 2.24) is 9.80 Å². The molecule has 0 spiro atoms. The Balaban J connectivity index is 1.46. The summed E-state index contributed by atoms with van der Waals surface area (Å²) in [6, 6.07) is 12.9. The molecule has 1 saturated heterocycles. The fraction of sp³-hybridized carbons (Fsp3) is 0.391. The maximum atomic E-state index is 12.7.